The Morgan fingerprint density at radius 1 is 1.62 bits per heavy atom. The first kappa shape index (κ1) is 9.92. The van der Waals surface area contributed by atoms with Crippen LogP contribution in [0.1, 0.15) is 26.0 Å². The maximum Gasteiger partial charge on any atom is 0.223 e. The average molecular weight is 181 g/mol. The number of hydrogen-bond donors (Lipinski definition) is 2. The Balaban J connectivity index is 2.66. The summed E-state index contributed by atoms with van der Waals surface area (Å²) in [6.45, 7) is 4.11. The van der Waals surface area contributed by atoms with Crippen molar-refractivity contribution in [2.24, 2.45) is 0 Å². The molecule has 1 aromatic heterocycles. The van der Waals surface area contributed by atoms with Crippen molar-refractivity contribution >= 4 is 5.95 Å². The normalized spacial score (nSPS) is 12.5. The lowest BCUT2D eigenvalue weighted by Crippen LogP contribution is -2.16. The molecule has 0 amide bonds. The molecule has 1 atom stereocenters. The van der Waals surface area contributed by atoms with E-state index < -0.39 is 0 Å². The number of aliphatic hydroxyl groups is 1. The highest BCUT2D eigenvalue weighted by molar-refractivity contribution is 5.25. The van der Waals surface area contributed by atoms with Gasteiger partial charge in [-0.1, -0.05) is 6.92 Å². The molecule has 0 saturated heterocycles. The molecule has 1 unspecified atom stereocenters. The summed E-state index contributed by atoms with van der Waals surface area (Å²) in [4.78, 5) is 8.15. The van der Waals surface area contributed by atoms with Crippen LogP contribution in [0.25, 0.3) is 0 Å². The van der Waals surface area contributed by atoms with Crippen LogP contribution in [0.15, 0.2) is 12.3 Å². The van der Waals surface area contributed by atoms with Gasteiger partial charge in [-0.3, -0.25) is 0 Å². The quantitative estimate of drug-likeness (QED) is 0.732. The number of aromatic nitrogens is 2. The van der Waals surface area contributed by atoms with Gasteiger partial charge in [-0.25, -0.2) is 9.97 Å². The molecule has 1 rings (SSSR count). The molecule has 0 saturated carbocycles. The van der Waals surface area contributed by atoms with Crippen LogP contribution in [-0.4, -0.2) is 21.1 Å². The van der Waals surface area contributed by atoms with E-state index in [1.54, 1.807) is 12.3 Å². The Hall–Kier alpha value is -1.16. The maximum atomic E-state index is 8.84. The van der Waals surface area contributed by atoms with Crippen molar-refractivity contribution in [3.63, 3.8) is 0 Å². The van der Waals surface area contributed by atoms with Gasteiger partial charge in [0, 0.05) is 12.2 Å². The predicted octanol–water partition coefficient (Wildman–Crippen LogP) is 1.18. The summed E-state index contributed by atoms with van der Waals surface area (Å²) in [5, 5.41) is 12.0. The molecule has 4 nitrogen and oxygen atoms in total. The second-order valence-electron chi connectivity index (χ2n) is 2.98. The molecular weight excluding hydrogens is 166 g/mol. The van der Waals surface area contributed by atoms with Gasteiger partial charge in [0.25, 0.3) is 0 Å². The summed E-state index contributed by atoms with van der Waals surface area (Å²) in [6, 6.07) is 2.05. The van der Waals surface area contributed by atoms with Gasteiger partial charge in [0.05, 0.1) is 12.3 Å². The van der Waals surface area contributed by atoms with Crippen LogP contribution in [0.3, 0.4) is 0 Å². The zero-order valence-electron chi connectivity index (χ0n) is 7.99. The number of aliphatic hydroxyl groups excluding tert-OH is 1. The van der Waals surface area contributed by atoms with Crippen LogP contribution in [-0.2, 0) is 6.61 Å². The van der Waals surface area contributed by atoms with Gasteiger partial charge in [-0.2, -0.15) is 0 Å². The fourth-order valence-electron chi connectivity index (χ4n) is 0.876. The van der Waals surface area contributed by atoms with Gasteiger partial charge in [-0.15, -0.1) is 0 Å². The molecule has 1 heterocycles. The highest BCUT2D eigenvalue weighted by Gasteiger charge is 2.01. The SMILES string of the molecule is CCC(C)Nc1nccc(CO)n1. The monoisotopic (exact) mass is 181 g/mol. The van der Waals surface area contributed by atoms with E-state index in [9.17, 15) is 0 Å². The van der Waals surface area contributed by atoms with Crippen molar-refractivity contribution in [3.8, 4) is 0 Å². The summed E-state index contributed by atoms with van der Waals surface area (Å²) in [5.74, 6) is 0.584. The molecule has 0 aliphatic rings. The first-order valence-electron chi connectivity index (χ1n) is 4.45. The van der Waals surface area contributed by atoms with Crippen LogP contribution in [0.2, 0.25) is 0 Å². The van der Waals surface area contributed by atoms with E-state index in [-0.39, 0.29) is 6.61 Å². The van der Waals surface area contributed by atoms with Crippen molar-refractivity contribution in [1.82, 2.24) is 9.97 Å². The van der Waals surface area contributed by atoms with E-state index in [1.807, 2.05) is 0 Å². The molecule has 0 spiro atoms. The molecule has 2 N–H and O–H groups in total. The zero-order chi connectivity index (χ0) is 9.68. The Labute approximate surface area is 78.0 Å². The molecule has 0 radical (unpaired) electrons. The lowest BCUT2D eigenvalue weighted by Gasteiger charge is -2.10. The molecule has 0 aromatic carbocycles. The Morgan fingerprint density at radius 2 is 2.38 bits per heavy atom. The number of anilines is 1. The first-order chi connectivity index (χ1) is 6.26. The van der Waals surface area contributed by atoms with Crippen molar-refractivity contribution in [3.05, 3.63) is 18.0 Å². The fraction of sp³-hybridized carbons (Fsp3) is 0.556. The highest BCUT2D eigenvalue weighted by Crippen LogP contribution is 2.03. The van der Waals surface area contributed by atoms with Crippen LogP contribution in [0.4, 0.5) is 5.95 Å². The van der Waals surface area contributed by atoms with Crippen LogP contribution < -0.4 is 5.32 Å². The molecule has 0 aliphatic carbocycles. The minimum atomic E-state index is -0.0439. The van der Waals surface area contributed by atoms with Gasteiger partial charge in [0.1, 0.15) is 0 Å². The topological polar surface area (TPSA) is 58.0 Å². The third-order valence-electron chi connectivity index (χ3n) is 1.86. The Morgan fingerprint density at radius 3 is 3.00 bits per heavy atom. The molecule has 13 heavy (non-hydrogen) atoms. The molecular formula is C9H15N3O. The van der Waals surface area contributed by atoms with Gasteiger partial charge in [-0.05, 0) is 19.4 Å². The number of rotatable bonds is 4. The number of hydrogen-bond acceptors (Lipinski definition) is 4. The maximum absolute atomic E-state index is 8.84. The predicted molar refractivity (Wildman–Crippen MR) is 51.3 cm³/mol. The molecule has 1 aromatic rings. The summed E-state index contributed by atoms with van der Waals surface area (Å²) < 4.78 is 0. The largest absolute Gasteiger partial charge is 0.390 e. The minimum Gasteiger partial charge on any atom is -0.390 e. The first-order valence-corrected chi connectivity index (χ1v) is 4.45. The van der Waals surface area contributed by atoms with E-state index in [2.05, 4.69) is 29.1 Å². The van der Waals surface area contributed by atoms with Gasteiger partial charge in [0.15, 0.2) is 0 Å². The van der Waals surface area contributed by atoms with E-state index >= 15 is 0 Å². The molecule has 0 fully saturated rings. The van der Waals surface area contributed by atoms with Crippen LogP contribution in [0.5, 0.6) is 0 Å². The third kappa shape index (κ3) is 2.99. The van der Waals surface area contributed by atoms with Gasteiger partial charge in [0.2, 0.25) is 5.95 Å². The number of nitrogens with zero attached hydrogens (tertiary/aromatic N) is 2. The zero-order valence-corrected chi connectivity index (χ0v) is 7.99. The highest BCUT2D eigenvalue weighted by atomic mass is 16.3. The second kappa shape index (κ2) is 4.77. The van der Waals surface area contributed by atoms with Gasteiger partial charge >= 0.3 is 0 Å². The minimum absolute atomic E-state index is 0.0439. The van der Waals surface area contributed by atoms with Crippen molar-refractivity contribution < 1.29 is 5.11 Å². The number of nitrogens with one attached hydrogen (secondary N) is 1. The Bertz CT molecular complexity index is 265. The smallest absolute Gasteiger partial charge is 0.223 e. The van der Waals surface area contributed by atoms with E-state index in [4.69, 9.17) is 5.11 Å². The third-order valence-corrected chi connectivity index (χ3v) is 1.86. The van der Waals surface area contributed by atoms with E-state index in [1.165, 1.54) is 0 Å². The van der Waals surface area contributed by atoms with Gasteiger partial charge < -0.3 is 10.4 Å². The van der Waals surface area contributed by atoms with Crippen molar-refractivity contribution in [2.45, 2.75) is 32.9 Å². The Kier molecular flexibility index (Phi) is 3.64. The molecule has 0 bridgehead atoms. The lowest BCUT2D eigenvalue weighted by molar-refractivity contribution is 0.277. The lowest BCUT2D eigenvalue weighted by atomic mass is 10.3. The van der Waals surface area contributed by atoms with E-state index in [0.29, 0.717) is 17.7 Å². The summed E-state index contributed by atoms with van der Waals surface area (Å²) >= 11 is 0. The summed E-state index contributed by atoms with van der Waals surface area (Å²) in [5.41, 5.74) is 0.640. The molecule has 72 valence electrons. The molecule has 0 aliphatic heterocycles. The standard InChI is InChI=1S/C9H15N3O/c1-3-7(2)11-9-10-5-4-8(6-13)12-9/h4-5,7,13H,3,6H2,1-2H3,(H,10,11,12). The fourth-order valence-corrected chi connectivity index (χ4v) is 0.876. The van der Waals surface area contributed by atoms with Crippen LogP contribution >= 0.6 is 0 Å². The van der Waals surface area contributed by atoms with E-state index in [0.717, 1.165) is 6.42 Å². The summed E-state index contributed by atoms with van der Waals surface area (Å²) in [6.07, 6.45) is 2.66. The average Bonchev–Trinajstić information content (AvgIpc) is 2.18. The summed E-state index contributed by atoms with van der Waals surface area (Å²) in [7, 11) is 0. The van der Waals surface area contributed by atoms with Crippen molar-refractivity contribution in [1.29, 1.82) is 0 Å². The van der Waals surface area contributed by atoms with Crippen LogP contribution in [0, 0.1) is 0 Å². The van der Waals surface area contributed by atoms with Crippen molar-refractivity contribution in [2.75, 3.05) is 5.32 Å². The second-order valence-corrected chi connectivity index (χ2v) is 2.98. The molecule has 4 heteroatoms.